The number of aromatic amines is 1. The molecule has 0 radical (unpaired) electrons. The minimum atomic E-state index is -0.868. The number of hydrogen-bond acceptors (Lipinski definition) is 4. The second-order valence-electron chi connectivity index (χ2n) is 7.87. The molecule has 3 rings (SSSR count). The van der Waals surface area contributed by atoms with E-state index in [0.717, 1.165) is 11.1 Å². The number of benzene rings is 2. The van der Waals surface area contributed by atoms with Crippen LogP contribution in [0.15, 0.2) is 73.2 Å². The highest BCUT2D eigenvalue weighted by atomic mass is 16.2. The molecule has 1 heterocycles. The SMILES string of the molecule is NC(=O)[C@H](CCc1ccccc1)NC(=O)[C@H](Cc1cnc[nH]1)NC(=O)CCc1ccccc1. The molecule has 0 aliphatic heterocycles. The molecule has 0 saturated carbocycles. The van der Waals surface area contributed by atoms with Crippen molar-refractivity contribution in [2.75, 3.05) is 0 Å². The number of imidazole rings is 1. The minimum absolute atomic E-state index is 0.215. The van der Waals surface area contributed by atoms with E-state index >= 15 is 0 Å². The number of aryl methyl sites for hydroxylation is 2. The van der Waals surface area contributed by atoms with Gasteiger partial charge in [-0.2, -0.15) is 0 Å². The lowest BCUT2D eigenvalue weighted by atomic mass is 10.0. The number of aromatic nitrogens is 2. The molecule has 0 aliphatic rings. The van der Waals surface area contributed by atoms with Crippen molar-refractivity contribution in [2.45, 2.75) is 44.2 Å². The van der Waals surface area contributed by atoms with Gasteiger partial charge in [0.2, 0.25) is 17.7 Å². The summed E-state index contributed by atoms with van der Waals surface area (Å²) in [5.74, 6) is -1.33. The number of H-pyrrole nitrogens is 1. The van der Waals surface area contributed by atoms with Crippen LogP contribution in [-0.2, 0) is 33.6 Å². The maximum atomic E-state index is 13.0. The zero-order valence-electron chi connectivity index (χ0n) is 18.4. The molecule has 0 unspecified atom stereocenters. The summed E-state index contributed by atoms with van der Waals surface area (Å²) in [6, 6.07) is 17.6. The van der Waals surface area contributed by atoms with Crippen LogP contribution in [0.25, 0.3) is 0 Å². The van der Waals surface area contributed by atoms with Crippen molar-refractivity contribution >= 4 is 17.7 Å². The fourth-order valence-corrected chi connectivity index (χ4v) is 3.51. The average molecular weight is 448 g/mol. The van der Waals surface area contributed by atoms with E-state index in [2.05, 4.69) is 20.6 Å². The number of carbonyl (C=O) groups excluding carboxylic acids is 3. The highest BCUT2D eigenvalue weighted by Gasteiger charge is 2.26. The summed E-state index contributed by atoms with van der Waals surface area (Å²) in [6.07, 6.45) is 5.07. The topological polar surface area (TPSA) is 130 Å². The quantitative estimate of drug-likeness (QED) is 0.336. The Bertz CT molecular complexity index is 1020. The Kier molecular flexibility index (Phi) is 8.76. The third-order valence-corrected chi connectivity index (χ3v) is 5.34. The zero-order chi connectivity index (χ0) is 23.5. The van der Waals surface area contributed by atoms with Gasteiger partial charge < -0.3 is 21.4 Å². The summed E-state index contributed by atoms with van der Waals surface area (Å²) in [5.41, 5.74) is 8.32. The Morgan fingerprint density at radius 3 is 2.09 bits per heavy atom. The van der Waals surface area contributed by atoms with Crippen LogP contribution in [0.2, 0.25) is 0 Å². The van der Waals surface area contributed by atoms with Crippen molar-refractivity contribution in [1.82, 2.24) is 20.6 Å². The number of hydrogen-bond donors (Lipinski definition) is 4. The van der Waals surface area contributed by atoms with E-state index < -0.39 is 23.9 Å². The van der Waals surface area contributed by atoms with Gasteiger partial charge in [0, 0.05) is 24.7 Å². The molecule has 0 aliphatic carbocycles. The summed E-state index contributed by atoms with van der Waals surface area (Å²) in [5, 5.41) is 5.51. The van der Waals surface area contributed by atoms with Gasteiger partial charge in [-0.05, 0) is 30.4 Å². The van der Waals surface area contributed by atoms with Crippen molar-refractivity contribution < 1.29 is 14.4 Å². The standard InChI is InChI=1S/C25H29N5O3/c26-24(32)21(13-11-18-7-3-1-4-8-18)30-25(33)22(15-20-16-27-17-28-20)29-23(31)14-12-19-9-5-2-6-10-19/h1-10,16-17,21-22H,11-15H2,(H2,26,32)(H,27,28)(H,29,31)(H,30,33)/t21-,22-/m0/s1. The molecule has 0 saturated heterocycles. The zero-order valence-corrected chi connectivity index (χ0v) is 18.4. The van der Waals surface area contributed by atoms with Gasteiger partial charge in [0.1, 0.15) is 12.1 Å². The molecule has 5 N–H and O–H groups in total. The van der Waals surface area contributed by atoms with E-state index in [1.54, 1.807) is 6.20 Å². The molecule has 8 nitrogen and oxygen atoms in total. The molecular weight excluding hydrogens is 418 g/mol. The van der Waals surface area contributed by atoms with Gasteiger partial charge in [0.25, 0.3) is 0 Å². The van der Waals surface area contributed by atoms with Gasteiger partial charge in [-0.25, -0.2) is 4.98 Å². The van der Waals surface area contributed by atoms with Crippen molar-refractivity contribution in [1.29, 1.82) is 0 Å². The number of nitrogens with two attached hydrogens (primary N) is 1. The lowest BCUT2D eigenvalue weighted by Crippen LogP contribution is -2.53. The van der Waals surface area contributed by atoms with Crippen LogP contribution in [0.5, 0.6) is 0 Å². The van der Waals surface area contributed by atoms with Gasteiger partial charge >= 0.3 is 0 Å². The third-order valence-electron chi connectivity index (χ3n) is 5.34. The monoisotopic (exact) mass is 447 g/mol. The van der Waals surface area contributed by atoms with Crippen LogP contribution in [0, 0.1) is 0 Å². The Balaban J connectivity index is 1.61. The molecule has 0 spiro atoms. The average Bonchev–Trinajstić information content (AvgIpc) is 3.34. The molecule has 172 valence electrons. The molecule has 2 aromatic carbocycles. The van der Waals surface area contributed by atoms with Crippen molar-refractivity contribution in [2.24, 2.45) is 5.73 Å². The highest BCUT2D eigenvalue weighted by molar-refractivity contribution is 5.91. The van der Waals surface area contributed by atoms with Gasteiger partial charge in [-0.3, -0.25) is 14.4 Å². The maximum absolute atomic E-state index is 13.0. The molecule has 0 bridgehead atoms. The highest BCUT2D eigenvalue weighted by Crippen LogP contribution is 2.07. The van der Waals surface area contributed by atoms with Crippen LogP contribution in [0.3, 0.4) is 0 Å². The molecule has 33 heavy (non-hydrogen) atoms. The van der Waals surface area contributed by atoms with E-state index in [9.17, 15) is 14.4 Å². The minimum Gasteiger partial charge on any atom is -0.368 e. The Labute approximate surface area is 193 Å². The van der Waals surface area contributed by atoms with Crippen LogP contribution in [0.4, 0.5) is 0 Å². The normalized spacial score (nSPS) is 12.5. The molecule has 0 fully saturated rings. The lowest BCUT2D eigenvalue weighted by molar-refractivity contribution is -0.131. The molecular formula is C25H29N5O3. The van der Waals surface area contributed by atoms with Gasteiger partial charge in [-0.15, -0.1) is 0 Å². The van der Waals surface area contributed by atoms with Gasteiger partial charge in [0.15, 0.2) is 0 Å². The van der Waals surface area contributed by atoms with Crippen LogP contribution < -0.4 is 16.4 Å². The first-order valence-electron chi connectivity index (χ1n) is 11.0. The number of nitrogens with zero attached hydrogens (tertiary/aromatic N) is 1. The molecule has 2 atom stereocenters. The Morgan fingerprint density at radius 1 is 0.879 bits per heavy atom. The largest absolute Gasteiger partial charge is 0.368 e. The molecule has 8 heteroatoms. The predicted molar refractivity (Wildman–Crippen MR) is 125 cm³/mol. The van der Waals surface area contributed by atoms with Crippen LogP contribution >= 0.6 is 0 Å². The van der Waals surface area contributed by atoms with E-state index in [-0.39, 0.29) is 18.7 Å². The first-order valence-corrected chi connectivity index (χ1v) is 11.0. The first-order chi connectivity index (χ1) is 16.0. The fraction of sp³-hybridized carbons (Fsp3) is 0.280. The van der Waals surface area contributed by atoms with E-state index in [1.165, 1.54) is 6.33 Å². The Hall–Kier alpha value is -3.94. The van der Waals surface area contributed by atoms with Crippen molar-refractivity contribution in [3.05, 3.63) is 90.0 Å². The van der Waals surface area contributed by atoms with Crippen molar-refractivity contribution in [3.8, 4) is 0 Å². The van der Waals surface area contributed by atoms with Crippen LogP contribution in [-0.4, -0.2) is 39.8 Å². The number of nitrogens with one attached hydrogen (secondary N) is 3. The number of amides is 3. The summed E-state index contributed by atoms with van der Waals surface area (Å²) < 4.78 is 0. The fourth-order valence-electron chi connectivity index (χ4n) is 3.51. The number of primary amides is 1. The third kappa shape index (κ3) is 7.92. The smallest absolute Gasteiger partial charge is 0.243 e. The second kappa shape index (κ2) is 12.2. The summed E-state index contributed by atoms with van der Waals surface area (Å²) in [4.78, 5) is 44.5. The summed E-state index contributed by atoms with van der Waals surface area (Å²) >= 11 is 0. The second-order valence-corrected chi connectivity index (χ2v) is 7.87. The Morgan fingerprint density at radius 2 is 1.52 bits per heavy atom. The molecule has 3 amide bonds. The van der Waals surface area contributed by atoms with E-state index in [1.807, 2.05) is 60.7 Å². The predicted octanol–water partition coefficient (Wildman–Crippen LogP) is 1.67. The molecule has 3 aromatic rings. The van der Waals surface area contributed by atoms with Gasteiger partial charge in [-0.1, -0.05) is 60.7 Å². The first kappa shape index (κ1) is 23.7. The summed E-state index contributed by atoms with van der Waals surface area (Å²) in [6.45, 7) is 0. The molecule has 1 aromatic heterocycles. The van der Waals surface area contributed by atoms with E-state index in [4.69, 9.17) is 5.73 Å². The number of carbonyl (C=O) groups is 3. The van der Waals surface area contributed by atoms with Crippen LogP contribution in [0.1, 0.15) is 29.7 Å². The number of rotatable bonds is 12. The lowest BCUT2D eigenvalue weighted by Gasteiger charge is -2.22. The van der Waals surface area contributed by atoms with E-state index in [0.29, 0.717) is 25.0 Å². The maximum Gasteiger partial charge on any atom is 0.243 e. The van der Waals surface area contributed by atoms with Crippen molar-refractivity contribution in [3.63, 3.8) is 0 Å². The summed E-state index contributed by atoms with van der Waals surface area (Å²) in [7, 11) is 0. The van der Waals surface area contributed by atoms with Gasteiger partial charge in [0.05, 0.1) is 6.33 Å².